The van der Waals surface area contributed by atoms with Crippen molar-refractivity contribution in [2.75, 3.05) is 5.32 Å². The topological polar surface area (TPSA) is 71.3 Å². The molecule has 3 rings (SSSR count). The number of amides is 1. The van der Waals surface area contributed by atoms with Gasteiger partial charge >= 0.3 is 6.09 Å². The van der Waals surface area contributed by atoms with E-state index in [-0.39, 0.29) is 12.2 Å². The van der Waals surface area contributed by atoms with E-state index in [1.54, 1.807) is 30.3 Å². The van der Waals surface area contributed by atoms with Crippen LogP contribution in [-0.4, -0.2) is 18.3 Å². The lowest BCUT2D eigenvalue weighted by atomic mass is 9.51. The van der Waals surface area contributed by atoms with E-state index in [2.05, 4.69) is 5.32 Å². The molecule has 0 spiro atoms. The molecule has 0 saturated heterocycles. The zero-order valence-electron chi connectivity index (χ0n) is 16.3. The van der Waals surface area contributed by atoms with Gasteiger partial charge in [0.05, 0.1) is 10.6 Å². The standard InChI is InChI=1S/C22H23ClN2O3/c1-21(2)18(27-16-11-10-14(13-24)17(23)12-16)22(3,4)19(21)28-20(26)25-15-8-6-5-7-9-15/h5-12,18-19H,1-4H3,(H,25,26). The van der Waals surface area contributed by atoms with Crippen LogP contribution in [-0.2, 0) is 4.74 Å². The van der Waals surface area contributed by atoms with Gasteiger partial charge in [-0.1, -0.05) is 57.5 Å². The van der Waals surface area contributed by atoms with Gasteiger partial charge in [-0.25, -0.2) is 4.79 Å². The summed E-state index contributed by atoms with van der Waals surface area (Å²) >= 11 is 6.11. The van der Waals surface area contributed by atoms with E-state index in [9.17, 15) is 4.79 Å². The van der Waals surface area contributed by atoms with Crippen LogP contribution in [0.4, 0.5) is 10.5 Å². The van der Waals surface area contributed by atoms with Gasteiger partial charge in [0, 0.05) is 22.6 Å². The molecule has 1 aliphatic rings. The molecular weight excluding hydrogens is 376 g/mol. The Kier molecular flexibility index (Phi) is 5.27. The Morgan fingerprint density at radius 2 is 1.71 bits per heavy atom. The van der Waals surface area contributed by atoms with Crippen LogP contribution in [0, 0.1) is 22.2 Å². The number of anilines is 1. The average molecular weight is 399 g/mol. The summed E-state index contributed by atoms with van der Waals surface area (Å²) in [7, 11) is 0. The first-order chi connectivity index (χ1) is 13.2. The van der Waals surface area contributed by atoms with E-state index < -0.39 is 16.9 Å². The summed E-state index contributed by atoms with van der Waals surface area (Å²) in [6.45, 7) is 8.03. The van der Waals surface area contributed by atoms with Crippen LogP contribution in [0.5, 0.6) is 5.75 Å². The van der Waals surface area contributed by atoms with Crippen LogP contribution in [0.15, 0.2) is 48.5 Å². The van der Waals surface area contributed by atoms with E-state index in [4.69, 9.17) is 26.3 Å². The van der Waals surface area contributed by atoms with Crippen LogP contribution in [0.2, 0.25) is 5.02 Å². The molecule has 1 N–H and O–H groups in total. The SMILES string of the molecule is CC1(C)C(OC(=O)Nc2ccccc2)C(C)(C)C1Oc1ccc(C#N)c(Cl)c1. The van der Waals surface area contributed by atoms with Crippen LogP contribution in [0.1, 0.15) is 33.3 Å². The molecule has 1 fully saturated rings. The highest BCUT2D eigenvalue weighted by Crippen LogP contribution is 2.57. The lowest BCUT2D eigenvalue weighted by Gasteiger charge is -2.61. The minimum atomic E-state index is -0.489. The fraction of sp³-hybridized carbons (Fsp3) is 0.364. The molecule has 0 atom stereocenters. The highest BCUT2D eigenvalue weighted by Gasteiger charge is 2.66. The second-order valence-corrected chi connectivity index (χ2v) is 8.58. The van der Waals surface area contributed by atoms with Gasteiger partial charge in [-0.15, -0.1) is 0 Å². The summed E-state index contributed by atoms with van der Waals surface area (Å²) < 4.78 is 11.9. The fourth-order valence-corrected chi connectivity index (χ4v) is 4.49. The number of rotatable bonds is 4. The van der Waals surface area contributed by atoms with Crippen molar-refractivity contribution in [3.63, 3.8) is 0 Å². The predicted molar refractivity (Wildman–Crippen MR) is 108 cm³/mol. The highest BCUT2D eigenvalue weighted by atomic mass is 35.5. The molecule has 6 heteroatoms. The number of nitriles is 1. The first-order valence-electron chi connectivity index (χ1n) is 9.05. The zero-order valence-corrected chi connectivity index (χ0v) is 17.1. The molecule has 1 amide bonds. The van der Waals surface area contributed by atoms with Crippen molar-refractivity contribution in [1.82, 2.24) is 0 Å². The predicted octanol–water partition coefficient (Wildman–Crippen LogP) is 5.64. The number of carbonyl (C=O) groups excluding carboxylic acids is 1. The van der Waals surface area contributed by atoms with E-state index >= 15 is 0 Å². The molecule has 0 unspecified atom stereocenters. The molecule has 2 aromatic carbocycles. The fourth-order valence-electron chi connectivity index (χ4n) is 4.28. The van der Waals surface area contributed by atoms with Gasteiger partial charge < -0.3 is 9.47 Å². The highest BCUT2D eigenvalue weighted by molar-refractivity contribution is 6.31. The number of nitrogens with one attached hydrogen (secondary N) is 1. The van der Waals surface area contributed by atoms with Gasteiger partial charge in [0.2, 0.25) is 0 Å². The van der Waals surface area contributed by atoms with E-state index in [1.165, 1.54) is 0 Å². The van der Waals surface area contributed by atoms with E-state index in [1.807, 2.05) is 52.0 Å². The number of para-hydroxylation sites is 1. The quantitative estimate of drug-likeness (QED) is 0.723. The molecule has 1 aliphatic carbocycles. The van der Waals surface area contributed by atoms with Gasteiger partial charge in [0.1, 0.15) is 24.0 Å². The smallest absolute Gasteiger partial charge is 0.411 e. The monoisotopic (exact) mass is 398 g/mol. The van der Waals surface area contributed by atoms with Gasteiger partial charge in [-0.3, -0.25) is 5.32 Å². The number of carbonyl (C=O) groups is 1. The molecule has 0 aliphatic heterocycles. The Balaban J connectivity index is 1.70. The first kappa shape index (κ1) is 20.0. The molecule has 5 nitrogen and oxygen atoms in total. The summed E-state index contributed by atoms with van der Waals surface area (Å²) in [6, 6.07) is 16.2. The number of hydrogen-bond donors (Lipinski definition) is 1. The lowest BCUT2D eigenvalue weighted by Crippen LogP contribution is -2.70. The number of halogens is 1. The summed E-state index contributed by atoms with van der Waals surface area (Å²) in [4.78, 5) is 12.3. The van der Waals surface area contributed by atoms with Crippen molar-refractivity contribution in [2.45, 2.75) is 39.9 Å². The van der Waals surface area contributed by atoms with E-state index in [0.29, 0.717) is 22.0 Å². The second-order valence-electron chi connectivity index (χ2n) is 8.17. The normalized spacial score (nSPS) is 21.7. The third kappa shape index (κ3) is 3.65. The second kappa shape index (κ2) is 7.37. The van der Waals surface area contributed by atoms with Crippen molar-refractivity contribution in [3.8, 4) is 11.8 Å². The first-order valence-corrected chi connectivity index (χ1v) is 9.43. The minimum Gasteiger partial charge on any atom is -0.489 e. The number of nitrogens with zero attached hydrogens (tertiary/aromatic N) is 1. The Labute approximate surface area is 170 Å². The Bertz CT molecular complexity index is 903. The molecule has 1 saturated carbocycles. The van der Waals surface area contributed by atoms with Crippen LogP contribution < -0.4 is 10.1 Å². The summed E-state index contributed by atoms with van der Waals surface area (Å²) in [5.74, 6) is 0.585. The Morgan fingerprint density at radius 3 is 2.29 bits per heavy atom. The van der Waals surface area contributed by atoms with Crippen molar-refractivity contribution in [2.24, 2.45) is 10.8 Å². The van der Waals surface area contributed by atoms with Crippen LogP contribution >= 0.6 is 11.6 Å². The minimum absolute atomic E-state index is 0.196. The van der Waals surface area contributed by atoms with Crippen LogP contribution in [0.25, 0.3) is 0 Å². The van der Waals surface area contributed by atoms with Crippen molar-refractivity contribution < 1.29 is 14.3 Å². The molecule has 28 heavy (non-hydrogen) atoms. The van der Waals surface area contributed by atoms with E-state index in [0.717, 1.165) is 0 Å². The molecule has 0 aromatic heterocycles. The maximum absolute atomic E-state index is 12.3. The number of hydrogen-bond acceptors (Lipinski definition) is 4. The van der Waals surface area contributed by atoms with Crippen molar-refractivity contribution >= 4 is 23.4 Å². The number of ether oxygens (including phenoxy) is 2. The van der Waals surface area contributed by atoms with Gasteiger partial charge in [-0.05, 0) is 24.3 Å². The maximum Gasteiger partial charge on any atom is 0.411 e. The molecule has 2 aromatic rings. The number of benzene rings is 2. The molecule has 146 valence electrons. The zero-order chi connectivity index (χ0) is 20.5. The van der Waals surface area contributed by atoms with Gasteiger partial charge in [0.25, 0.3) is 0 Å². The van der Waals surface area contributed by atoms with Crippen molar-refractivity contribution in [1.29, 1.82) is 5.26 Å². The third-order valence-corrected chi connectivity index (χ3v) is 5.58. The largest absolute Gasteiger partial charge is 0.489 e. The summed E-state index contributed by atoms with van der Waals surface area (Å²) in [5, 5.41) is 12.1. The molecule has 0 heterocycles. The Morgan fingerprint density at radius 1 is 1.07 bits per heavy atom. The van der Waals surface area contributed by atoms with Gasteiger partial charge in [0.15, 0.2) is 0 Å². The molecular formula is C22H23ClN2O3. The lowest BCUT2D eigenvalue weighted by molar-refractivity contribution is -0.233. The molecule has 0 radical (unpaired) electrons. The van der Waals surface area contributed by atoms with Crippen molar-refractivity contribution in [3.05, 3.63) is 59.1 Å². The summed E-state index contributed by atoms with van der Waals surface area (Å²) in [5.41, 5.74) is 0.276. The average Bonchev–Trinajstić information content (AvgIpc) is 2.65. The Hall–Kier alpha value is -2.71. The maximum atomic E-state index is 12.3. The molecule has 0 bridgehead atoms. The third-order valence-electron chi connectivity index (χ3n) is 5.26. The summed E-state index contributed by atoms with van der Waals surface area (Å²) in [6.07, 6.45) is -1.02. The van der Waals surface area contributed by atoms with Crippen LogP contribution in [0.3, 0.4) is 0 Å². The van der Waals surface area contributed by atoms with Gasteiger partial charge in [-0.2, -0.15) is 5.26 Å².